The quantitative estimate of drug-likeness (QED) is 0.662. The van der Waals surface area contributed by atoms with Crippen LogP contribution in [-0.2, 0) is 0 Å². The number of anilines is 3. The highest BCUT2D eigenvalue weighted by Crippen LogP contribution is 2.34. The number of rotatable bonds is 4. The number of pyridine rings is 1. The molecule has 4 rings (SSSR count). The molecule has 1 aliphatic heterocycles. The molecule has 3 N–H and O–H groups in total. The van der Waals surface area contributed by atoms with Crippen LogP contribution in [0.1, 0.15) is 6.92 Å². The molecular weight excluding hydrogens is 336 g/mol. The number of nitrogens with one attached hydrogen (secondary N) is 3. The first kappa shape index (κ1) is 15.9. The van der Waals surface area contributed by atoms with Crippen molar-refractivity contribution in [3.05, 3.63) is 36.5 Å². The van der Waals surface area contributed by atoms with Gasteiger partial charge in [-0.15, -0.1) is 0 Å². The van der Waals surface area contributed by atoms with E-state index in [1.54, 1.807) is 18.3 Å². The number of fused-ring (bicyclic) bond motifs is 2. The molecule has 0 saturated carbocycles. The molecule has 2 aromatic heterocycles. The lowest BCUT2D eigenvalue weighted by atomic mass is 10.3. The summed E-state index contributed by atoms with van der Waals surface area (Å²) in [6.45, 7) is 2.59. The van der Waals surface area contributed by atoms with Crippen LogP contribution < -0.4 is 25.4 Å². The summed E-state index contributed by atoms with van der Waals surface area (Å²) < 4.78 is 10.7. The van der Waals surface area contributed by atoms with Gasteiger partial charge in [0.15, 0.2) is 23.0 Å². The number of urea groups is 1. The molecule has 1 aliphatic rings. The molecule has 2 amide bonds. The molecule has 0 unspecified atom stereocenters. The third-order valence-electron chi connectivity index (χ3n) is 3.63. The first-order valence-corrected chi connectivity index (χ1v) is 8.06. The van der Waals surface area contributed by atoms with Crippen LogP contribution in [0.3, 0.4) is 0 Å². The highest BCUT2D eigenvalue weighted by atomic mass is 16.7. The number of benzene rings is 1. The van der Waals surface area contributed by atoms with Gasteiger partial charge in [-0.3, -0.25) is 5.32 Å². The van der Waals surface area contributed by atoms with Crippen molar-refractivity contribution in [1.29, 1.82) is 0 Å². The Kier molecular flexibility index (Phi) is 4.10. The Labute approximate surface area is 148 Å². The molecule has 0 fully saturated rings. The topological polar surface area (TPSA) is 110 Å². The zero-order valence-corrected chi connectivity index (χ0v) is 13.9. The third kappa shape index (κ3) is 3.27. The fourth-order valence-corrected chi connectivity index (χ4v) is 2.47. The van der Waals surface area contributed by atoms with Gasteiger partial charge in [0, 0.05) is 18.3 Å². The molecule has 3 aromatic rings. The smallest absolute Gasteiger partial charge is 0.320 e. The maximum Gasteiger partial charge on any atom is 0.320 e. The lowest BCUT2D eigenvalue weighted by Gasteiger charge is -2.08. The molecule has 0 spiro atoms. The second-order valence-corrected chi connectivity index (χ2v) is 5.47. The Morgan fingerprint density at radius 3 is 2.85 bits per heavy atom. The molecule has 132 valence electrons. The summed E-state index contributed by atoms with van der Waals surface area (Å²) in [5.41, 5.74) is 1.84. The molecule has 0 radical (unpaired) electrons. The van der Waals surface area contributed by atoms with E-state index >= 15 is 0 Å². The molecule has 9 nitrogen and oxygen atoms in total. The fourth-order valence-electron chi connectivity index (χ4n) is 2.47. The summed E-state index contributed by atoms with van der Waals surface area (Å²) in [4.78, 5) is 24.7. The molecule has 0 aliphatic carbocycles. The lowest BCUT2D eigenvalue weighted by Crippen LogP contribution is -2.28. The normalized spacial score (nSPS) is 12.0. The van der Waals surface area contributed by atoms with Crippen LogP contribution in [0.4, 0.5) is 22.1 Å². The van der Waals surface area contributed by atoms with Crippen molar-refractivity contribution in [3.63, 3.8) is 0 Å². The average Bonchev–Trinajstić information content (AvgIpc) is 3.09. The predicted octanol–water partition coefficient (Wildman–Crippen LogP) is 2.64. The summed E-state index contributed by atoms with van der Waals surface area (Å²) in [6.07, 6.45) is 1.62. The Hall–Kier alpha value is -3.62. The molecular formula is C17H16N6O3. The number of hydrogen-bond acceptors (Lipinski definition) is 7. The van der Waals surface area contributed by atoms with Crippen molar-refractivity contribution < 1.29 is 14.3 Å². The molecule has 1 aromatic carbocycles. The lowest BCUT2D eigenvalue weighted by molar-refractivity contribution is 0.174. The van der Waals surface area contributed by atoms with Gasteiger partial charge in [0.05, 0.1) is 6.20 Å². The monoisotopic (exact) mass is 352 g/mol. The maximum atomic E-state index is 11.6. The minimum absolute atomic E-state index is 0.222. The SMILES string of the molecule is CCNC(=O)Nc1ccc2ncc(Nc3ccc4c(c3)OCO4)nc2n1. The fraction of sp³-hybridized carbons (Fsp3) is 0.176. The summed E-state index contributed by atoms with van der Waals surface area (Å²) in [6, 6.07) is 8.63. The predicted molar refractivity (Wildman–Crippen MR) is 95.9 cm³/mol. The van der Waals surface area contributed by atoms with E-state index in [0.717, 1.165) is 5.69 Å². The zero-order valence-electron chi connectivity index (χ0n) is 13.9. The summed E-state index contributed by atoms with van der Waals surface area (Å²) in [5, 5.41) is 8.46. The van der Waals surface area contributed by atoms with Crippen LogP contribution >= 0.6 is 0 Å². The van der Waals surface area contributed by atoms with E-state index in [4.69, 9.17) is 9.47 Å². The van der Waals surface area contributed by atoms with Crippen molar-refractivity contribution >= 4 is 34.5 Å². The van der Waals surface area contributed by atoms with Crippen molar-refractivity contribution in [2.75, 3.05) is 24.0 Å². The van der Waals surface area contributed by atoms with Gasteiger partial charge < -0.3 is 20.1 Å². The number of ether oxygens (including phenoxy) is 2. The first-order valence-electron chi connectivity index (χ1n) is 8.06. The van der Waals surface area contributed by atoms with E-state index in [9.17, 15) is 4.79 Å². The van der Waals surface area contributed by atoms with E-state index < -0.39 is 0 Å². The van der Waals surface area contributed by atoms with E-state index in [2.05, 4.69) is 30.9 Å². The average molecular weight is 352 g/mol. The molecule has 0 atom stereocenters. The molecule has 3 heterocycles. The van der Waals surface area contributed by atoms with Gasteiger partial charge in [-0.1, -0.05) is 0 Å². The van der Waals surface area contributed by atoms with E-state index in [0.29, 0.717) is 40.8 Å². The van der Waals surface area contributed by atoms with Crippen molar-refractivity contribution in [3.8, 4) is 11.5 Å². The number of aromatic nitrogens is 3. The number of nitrogens with zero attached hydrogens (tertiary/aromatic N) is 3. The number of amides is 2. The third-order valence-corrected chi connectivity index (χ3v) is 3.63. The number of carbonyl (C=O) groups is 1. The summed E-state index contributed by atoms with van der Waals surface area (Å²) >= 11 is 0. The van der Waals surface area contributed by atoms with E-state index in [1.165, 1.54) is 0 Å². The van der Waals surface area contributed by atoms with Crippen molar-refractivity contribution in [2.24, 2.45) is 0 Å². The standard InChI is InChI=1S/C17H16N6O3/c1-2-18-17(24)23-14-6-4-11-16(21-14)22-15(8-19-11)20-10-3-5-12-13(7-10)26-9-25-12/h3-8H,2,9H2,1H3,(H3,18,20,21,22,23,24). The summed E-state index contributed by atoms with van der Waals surface area (Å²) in [5.74, 6) is 2.31. The highest BCUT2D eigenvalue weighted by Gasteiger charge is 2.13. The van der Waals surface area contributed by atoms with Crippen LogP contribution in [-0.4, -0.2) is 34.3 Å². The second-order valence-electron chi connectivity index (χ2n) is 5.47. The van der Waals surface area contributed by atoms with Crippen LogP contribution in [0.2, 0.25) is 0 Å². The maximum absolute atomic E-state index is 11.6. The molecule has 9 heteroatoms. The Morgan fingerprint density at radius 1 is 1.12 bits per heavy atom. The van der Waals surface area contributed by atoms with Crippen LogP contribution in [0.15, 0.2) is 36.5 Å². The van der Waals surface area contributed by atoms with Gasteiger partial charge in [-0.25, -0.2) is 19.7 Å². The zero-order chi connectivity index (χ0) is 17.9. The Morgan fingerprint density at radius 2 is 1.96 bits per heavy atom. The van der Waals surface area contributed by atoms with Gasteiger partial charge in [-0.05, 0) is 31.2 Å². The van der Waals surface area contributed by atoms with Gasteiger partial charge in [0.1, 0.15) is 11.3 Å². The van der Waals surface area contributed by atoms with Crippen molar-refractivity contribution in [1.82, 2.24) is 20.3 Å². The van der Waals surface area contributed by atoms with Crippen LogP contribution in [0, 0.1) is 0 Å². The van der Waals surface area contributed by atoms with E-state index in [1.807, 2.05) is 25.1 Å². The minimum Gasteiger partial charge on any atom is -0.454 e. The number of hydrogen-bond donors (Lipinski definition) is 3. The first-order chi connectivity index (χ1) is 12.7. The van der Waals surface area contributed by atoms with Gasteiger partial charge in [-0.2, -0.15) is 0 Å². The van der Waals surface area contributed by atoms with E-state index in [-0.39, 0.29) is 12.8 Å². The second kappa shape index (κ2) is 6.71. The van der Waals surface area contributed by atoms with Crippen LogP contribution in [0.25, 0.3) is 11.2 Å². The largest absolute Gasteiger partial charge is 0.454 e. The molecule has 0 saturated heterocycles. The molecule has 26 heavy (non-hydrogen) atoms. The number of carbonyl (C=O) groups excluding carboxylic acids is 1. The molecule has 0 bridgehead atoms. The summed E-state index contributed by atoms with van der Waals surface area (Å²) in [7, 11) is 0. The Balaban J connectivity index is 1.57. The Bertz CT molecular complexity index is 978. The van der Waals surface area contributed by atoms with Crippen LogP contribution in [0.5, 0.6) is 11.5 Å². The van der Waals surface area contributed by atoms with Gasteiger partial charge >= 0.3 is 6.03 Å². The van der Waals surface area contributed by atoms with Gasteiger partial charge in [0.2, 0.25) is 6.79 Å². The minimum atomic E-state index is -0.318. The highest BCUT2D eigenvalue weighted by molar-refractivity contribution is 5.89. The van der Waals surface area contributed by atoms with Gasteiger partial charge in [0.25, 0.3) is 0 Å². The van der Waals surface area contributed by atoms with Crippen molar-refractivity contribution in [2.45, 2.75) is 6.92 Å².